The van der Waals surface area contributed by atoms with Gasteiger partial charge in [0, 0.05) is 21.9 Å². The van der Waals surface area contributed by atoms with Crippen LogP contribution in [-0.2, 0) is 20.2 Å². The number of azo groups is 1. The van der Waals surface area contributed by atoms with Crippen molar-refractivity contribution < 1.29 is 31.0 Å². The van der Waals surface area contributed by atoms with Crippen LogP contribution in [0.2, 0.25) is 0 Å². The maximum Gasteiger partial charge on any atom is 0.297 e. The van der Waals surface area contributed by atoms with E-state index in [9.17, 15) is 31.0 Å². The van der Waals surface area contributed by atoms with E-state index in [4.69, 9.17) is 0 Å². The normalized spacial score (nSPS) is 13.4. The maximum absolute atomic E-state index is 11.8. The van der Waals surface area contributed by atoms with Gasteiger partial charge in [-0.15, -0.1) is 10.2 Å². The van der Waals surface area contributed by atoms with Crippen LogP contribution in [0.3, 0.4) is 0 Å². The molecule has 0 saturated carbocycles. The van der Waals surface area contributed by atoms with Gasteiger partial charge in [0.15, 0.2) is 0 Å². The first kappa shape index (κ1) is 19.5. The van der Waals surface area contributed by atoms with Crippen molar-refractivity contribution in [2.75, 3.05) is 0 Å². The lowest BCUT2D eigenvalue weighted by molar-refractivity contribution is 0.480. The fourth-order valence-corrected chi connectivity index (χ4v) is 5.20. The first-order chi connectivity index (χ1) is 13.4. The lowest BCUT2D eigenvalue weighted by Crippen LogP contribution is -2.06. The van der Waals surface area contributed by atoms with Gasteiger partial charge >= 0.3 is 0 Å². The number of nitrogens with zero attached hydrogens (tertiary/aromatic N) is 2. The highest BCUT2D eigenvalue weighted by Crippen LogP contribution is 2.54. The number of benzene rings is 3. The minimum absolute atomic E-state index is 0.00298. The molecule has 29 heavy (non-hydrogen) atoms. The van der Waals surface area contributed by atoms with Gasteiger partial charge in [0.2, 0.25) is 0 Å². The van der Waals surface area contributed by atoms with Gasteiger partial charge in [-0.25, -0.2) is 0 Å². The largest absolute Gasteiger partial charge is 0.507 e. The highest BCUT2D eigenvalue weighted by atomic mass is 32.2. The highest BCUT2D eigenvalue weighted by molar-refractivity contribution is 7.86. The van der Waals surface area contributed by atoms with Gasteiger partial charge in [-0.05, 0) is 37.1 Å². The molecule has 3 aromatic carbocycles. The lowest BCUT2D eigenvalue weighted by atomic mass is 9.91. The fraction of sp³-hybridized carbons (Fsp3) is 0.111. The summed E-state index contributed by atoms with van der Waals surface area (Å²) in [7, 11) is -9.04. The molecule has 4 rings (SSSR count). The van der Waals surface area contributed by atoms with Crippen LogP contribution < -0.4 is 0 Å². The molecular formula is C18H14N2O7S2. The summed E-state index contributed by atoms with van der Waals surface area (Å²) in [5.41, 5.74) is 1.60. The van der Waals surface area contributed by atoms with E-state index in [1.165, 1.54) is 37.3 Å². The molecule has 1 aliphatic heterocycles. The van der Waals surface area contributed by atoms with Crippen molar-refractivity contribution in [1.82, 2.24) is 0 Å². The Morgan fingerprint density at radius 3 is 2.00 bits per heavy atom. The Morgan fingerprint density at radius 2 is 1.45 bits per heavy atom. The van der Waals surface area contributed by atoms with E-state index in [-0.39, 0.29) is 48.8 Å². The van der Waals surface area contributed by atoms with Crippen molar-refractivity contribution in [2.24, 2.45) is 10.2 Å². The average Bonchev–Trinajstić information content (AvgIpc) is 2.59. The van der Waals surface area contributed by atoms with E-state index in [1.54, 1.807) is 6.92 Å². The molecule has 0 spiro atoms. The van der Waals surface area contributed by atoms with Gasteiger partial charge in [0.05, 0.1) is 0 Å². The fourth-order valence-electron chi connectivity index (χ4n) is 3.57. The Balaban J connectivity index is 2.08. The van der Waals surface area contributed by atoms with Gasteiger partial charge < -0.3 is 5.11 Å². The molecule has 0 unspecified atom stereocenters. The molecule has 0 aliphatic carbocycles. The zero-order valence-corrected chi connectivity index (χ0v) is 16.7. The van der Waals surface area contributed by atoms with Gasteiger partial charge in [0.25, 0.3) is 20.2 Å². The average molecular weight is 434 g/mol. The summed E-state index contributed by atoms with van der Waals surface area (Å²) >= 11 is 0. The Morgan fingerprint density at radius 1 is 0.793 bits per heavy atom. The first-order valence-corrected chi connectivity index (χ1v) is 11.1. The van der Waals surface area contributed by atoms with E-state index in [1.807, 2.05) is 0 Å². The third-order valence-corrected chi connectivity index (χ3v) is 6.93. The molecule has 0 saturated heterocycles. The second kappa shape index (κ2) is 6.07. The van der Waals surface area contributed by atoms with Crippen LogP contribution in [0.1, 0.15) is 11.1 Å². The molecule has 150 valence electrons. The molecule has 9 nitrogen and oxygen atoms in total. The number of aromatic hydroxyl groups is 1. The van der Waals surface area contributed by atoms with E-state index in [2.05, 4.69) is 10.2 Å². The highest BCUT2D eigenvalue weighted by Gasteiger charge is 2.32. The number of rotatable bonds is 3. The lowest BCUT2D eigenvalue weighted by Gasteiger charge is -2.22. The molecule has 0 amide bonds. The standard InChI is InChI=1S/C18H14N2O7S2/c1-8-9(2)18(29(25,26)27)16-15(19-20-16)14(8)12-7-6-10-11(17(12)21)4-3-5-13(10)28(22,23)24/h3-7,21H,1-2H3,(H,22,23,24)(H,25,26,27). The smallest absolute Gasteiger partial charge is 0.297 e. The number of fused-ring (bicyclic) bond motifs is 2. The van der Waals surface area contributed by atoms with Crippen LogP contribution in [0.25, 0.3) is 21.9 Å². The quantitative estimate of drug-likeness (QED) is 0.411. The summed E-state index contributed by atoms with van der Waals surface area (Å²) in [6.07, 6.45) is 0. The third kappa shape index (κ3) is 2.82. The van der Waals surface area contributed by atoms with Crippen LogP contribution in [0, 0.1) is 13.8 Å². The summed E-state index contributed by atoms with van der Waals surface area (Å²) in [4.78, 5) is -0.683. The summed E-state index contributed by atoms with van der Waals surface area (Å²) < 4.78 is 65.7. The van der Waals surface area contributed by atoms with Crippen LogP contribution in [-0.4, -0.2) is 31.0 Å². The molecule has 0 aromatic heterocycles. The zero-order valence-electron chi connectivity index (χ0n) is 15.1. The summed E-state index contributed by atoms with van der Waals surface area (Å²) in [6.45, 7) is 3.12. The molecule has 11 heteroatoms. The van der Waals surface area contributed by atoms with Gasteiger partial charge in [-0.3, -0.25) is 9.11 Å². The van der Waals surface area contributed by atoms with Crippen LogP contribution in [0.15, 0.2) is 50.4 Å². The third-order valence-electron chi connectivity index (χ3n) is 5.00. The van der Waals surface area contributed by atoms with Crippen molar-refractivity contribution in [3.05, 3.63) is 41.5 Å². The molecule has 0 radical (unpaired) electrons. The topological polar surface area (TPSA) is 154 Å². The second-order valence-corrected chi connectivity index (χ2v) is 9.36. The van der Waals surface area contributed by atoms with E-state index in [0.29, 0.717) is 11.1 Å². The molecular weight excluding hydrogens is 420 g/mol. The first-order valence-electron chi connectivity index (χ1n) is 8.22. The molecule has 1 aliphatic rings. The SMILES string of the molecule is Cc1c(C)c(S(=O)(=O)O)c2c(c1-c1ccc3c(S(=O)(=O)O)cccc3c1O)N=N2. The number of phenols is 1. The Bertz CT molecular complexity index is 1470. The number of hydrogen-bond acceptors (Lipinski definition) is 7. The summed E-state index contributed by atoms with van der Waals surface area (Å²) in [6, 6.07) is 6.97. The van der Waals surface area contributed by atoms with Crippen molar-refractivity contribution in [3.8, 4) is 16.9 Å². The Kier molecular flexibility index (Phi) is 4.07. The van der Waals surface area contributed by atoms with Gasteiger partial charge in [-0.1, -0.05) is 18.2 Å². The molecule has 0 fully saturated rings. The van der Waals surface area contributed by atoms with E-state index in [0.717, 1.165) is 0 Å². The summed E-state index contributed by atoms with van der Waals surface area (Å²) in [5, 5.41) is 18.7. The monoisotopic (exact) mass is 434 g/mol. The van der Waals surface area contributed by atoms with E-state index >= 15 is 0 Å². The molecule has 0 bridgehead atoms. The predicted molar refractivity (Wildman–Crippen MR) is 104 cm³/mol. The van der Waals surface area contributed by atoms with Crippen LogP contribution in [0.4, 0.5) is 11.4 Å². The Hall–Kier alpha value is -2.86. The van der Waals surface area contributed by atoms with Crippen LogP contribution in [0.5, 0.6) is 5.75 Å². The molecule has 3 aromatic rings. The maximum atomic E-state index is 11.8. The summed E-state index contributed by atoms with van der Waals surface area (Å²) in [5.74, 6) is -0.264. The minimum atomic E-state index is -4.53. The zero-order chi connectivity index (χ0) is 21.3. The van der Waals surface area contributed by atoms with Gasteiger partial charge in [0.1, 0.15) is 26.9 Å². The van der Waals surface area contributed by atoms with E-state index < -0.39 is 20.2 Å². The molecule has 0 atom stereocenters. The predicted octanol–water partition coefficient (Wildman–Crippen LogP) is 4.05. The van der Waals surface area contributed by atoms with Crippen molar-refractivity contribution in [3.63, 3.8) is 0 Å². The van der Waals surface area contributed by atoms with Crippen molar-refractivity contribution >= 4 is 42.4 Å². The number of phenolic OH excluding ortho intramolecular Hbond substituents is 1. The van der Waals surface area contributed by atoms with Crippen molar-refractivity contribution in [2.45, 2.75) is 23.6 Å². The number of hydrogen-bond donors (Lipinski definition) is 3. The van der Waals surface area contributed by atoms with Gasteiger partial charge in [-0.2, -0.15) is 16.8 Å². The molecule has 1 heterocycles. The minimum Gasteiger partial charge on any atom is -0.507 e. The molecule has 3 N–H and O–H groups in total. The second-order valence-electron chi connectivity index (χ2n) is 6.61. The Labute approximate surface area is 165 Å². The van der Waals surface area contributed by atoms with Crippen LogP contribution >= 0.6 is 0 Å². The van der Waals surface area contributed by atoms with Crippen molar-refractivity contribution in [1.29, 1.82) is 0 Å².